The first kappa shape index (κ1) is 18.1. The Labute approximate surface area is 163 Å². The molecular formula is C17H12ClN3O4S2. The molecule has 4 rings (SSSR count). The molecule has 2 aromatic heterocycles. The predicted octanol–water partition coefficient (Wildman–Crippen LogP) is 2.77. The molecule has 0 saturated heterocycles. The molecule has 0 bridgehead atoms. The van der Waals surface area contributed by atoms with Crippen molar-refractivity contribution in [1.29, 1.82) is 0 Å². The first-order valence-electron chi connectivity index (χ1n) is 7.77. The molecule has 1 aliphatic rings. The molecule has 7 nitrogen and oxygen atoms in total. The summed E-state index contributed by atoms with van der Waals surface area (Å²) in [6.07, 6.45) is 1.34. The van der Waals surface area contributed by atoms with Gasteiger partial charge in [-0.25, -0.2) is 13.4 Å². The fourth-order valence-electron chi connectivity index (χ4n) is 2.94. The van der Waals surface area contributed by atoms with Gasteiger partial charge in [0.15, 0.2) is 6.04 Å². The summed E-state index contributed by atoms with van der Waals surface area (Å²) in [5.74, 6) is -1.16. The summed E-state index contributed by atoms with van der Waals surface area (Å²) in [4.78, 5) is 29.6. The number of thiophene rings is 1. The maximum absolute atomic E-state index is 13.0. The highest BCUT2D eigenvalue weighted by Crippen LogP contribution is 2.40. The van der Waals surface area contributed by atoms with Gasteiger partial charge < -0.3 is 5.32 Å². The van der Waals surface area contributed by atoms with Crippen LogP contribution in [-0.2, 0) is 14.8 Å². The van der Waals surface area contributed by atoms with Gasteiger partial charge in [-0.15, -0.1) is 11.3 Å². The van der Waals surface area contributed by atoms with E-state index in [1.807, 2.05) is 0 Å². The van der Waals surface area contributed by atoms with Crippen molar-refractivity contribution in [3.63, 3.8) is 0 Å². The van der Waals surface area contributed by atoms with Crippen LogP contribution in [0.2, 0.25) is 5.02 Å². The van der Waals surface area contributed by atoms with Crippen LogP contribution >= 0.6 is 22.9 Å². The summed E-state index contributed by atoms with van der Waals surface area (Å²) in [5, 5.41) is 3.34. The smallest absolute Gasteiger partial charge is 0.252 e. The van der Waals surface area contributed by atoms with Gasteiger partial charge in [0, 0.05) is 23.3 Å². The fraction of sp³-hybridized carbons (Fsp3) is 0.118. The van der Waals surface area contributed by atoms with Crippen LogP contribution in [0.5, 0.6) is 0 Å². The highest BCUT2D eigenvalue weighted by molar-refractivity contribution is 7.89. The molecule has 3 heterocycles. The van der Waals surface area contributed by atoms with E-state index in [0.717, 1.165) is 15.6 Å². The number of hydrogen-bond donors (Lipinski definition) is 1. The Kier molecular flexibility index (Phi) is 4.26. The Hall–Kier alpha value is -2.33. The highest BCUT2D eigenvalue weighted by Gasteiger charge is 2.47. The molecule has 1 amide bonds. The van der Waals surface area contributed by atoms with E-state index in [0.29, 0.717) is 15.1 Å². The van der Waals surface area contributed by atoms with Gasteiger partial charge in [-0.1, -0.05) is 29.8 Å². The molecule has 1 unspecified atom stereocenters. The Morgan fingerprint density at radius 3 is 2.70 bits per heavy atom. The Balaban J connectivity index is 1.78. The van der Waals surface area contributed by atoms with Gasteiger partial charge >= 0.3 is 0 Å². The number of Topliss-reactive ketones (excluding diaryl/α,β-unsaturated/α-hetero) is 1. The first-order chi connectivity index (χ1) is 12.8. The van der Waals surface area contributed by atoms with Gasteiger partial charge in [-0.3, -0.25) is 9.59 Å². The zero-order chi connectivity index (χ0) is 19.3. The molecule has 1 N–H and O–H groups in total. The third-order valence-electron chi connectivity index (χ3n) is 4.25. The van der Waals surface area contributed by atoms with Crippen molar-refractivity contribution in [1.82, 2.24) is 9.29 Å². The molecule has 1 aromatic carbocycles. The lowest BCUT2D eigenvalue weighted by Crippen LogP contribution is -2.52. The molecule has 27 heavy (non-hydrogen) atoms. The van der Waals surface area contributed by atoms with Crippen molar-refractivity contribution in [3.05, 3.63) is 52.5 Å². The minimum absolute atomic E-state index is 0.0377. The maximum atomic E-state index is 13.0. The summed E-state index contributed by atoms with van der Waals surface area (Å²) >= 11 is 6.83. The molecule has 3 aromatic rings. The van der Waals surface area contributed by atoms with Gasteiger partial charge in [-0.05, 0) is 18.2 Å². The number of likely N-dealkylation sites (N-methyl/N-ethyl adjacent to an activating group) is 1. The third-order valence-corrected chi connectivity index (χ3v) is 7.70. The van der Waals surface area contributed by atoms with Crippen LogP contribution in [0.1, 0.15) is 9.67 Å². The molecule has 0 spiro atoms. The third kappa shape index (κ3) is 2.83. The Bertz CT molecular complexity index is 1190. The van der Waals surface area contributed by atoms with Crippen LogP contribution in [0.4, 0.5) is 5.82 Å². The summed E-state index contributed by atoms with van der Waals surface area (Å²) < 4.78 is 27.5. The number of fused-ring (bicyclic) bond motifs is 3. The number of anilines is 1. The molecule has 1 atom stereocenters. The number of aromatic nitrogens is 1. The number of hydrogen-bond acceptors (Lipinski definition) is 6. The number of pyridine rings is 1. The van der Waals surface area contributed by atoms with Crippen LogP contribution in [-0.4, -0.2) is 42.5 Å². The average molecular weight is 422 g/mol. The number of sulfonamides is 1. The lowest BCUT2D eigenvalue weighted by molar-refractivity contribution is -0.118. The summed E-state index contributed by atoms with van der Waals surface area (Å²) in [5.41, 5.74) is 0. The van der Waals surface area contributed by atoms with Crippen molar-refractivity contribution < 1.29 is 18.0 Å². The van der Waals surface area contributed by atoms with Gasteiger partial charge in [0.2, 0.25) is 15.8 Å². The molecule has 0 aliphatic carbocycles. The standard InChI is InChI=1S/C17H12ClN3O4S2/c1-21-13(17(23)20-12-7-6-9(18)8-19-12)14(22)15-16(27(21,24)25)10-4-2-3-5-11(10)26-15/h2-8,13H,1H3,(H,19,20,23). The summed E-state index contributed by atoms with van der Waals surface area (Å²) in [7, 11) is -2.79. The van der Waals surface area contributed by atoms with Gasteiger partial charge in [0.05, 0.1) is 9.90 Å². The Morgan fingerprint density at radius 1 is 1.26 bits per heavy atom. The number of rotatable bonds is 2. The normalized spacial score (nSPS) is 19.0. The average Bonchev–Trinajstić information content (AvgIpc) is 3.03. The second-order valence-electron chi connectivity index (χ2n) is 5.90. The van der Waals surface area contributed by atoms with Gasteiger partial charge in [-0.2, -0.15) is 4.31 Å². The van der Waals surface area contributed by atoms with E-state index in [4.69, 9.17) is 11.6 Å². The van der Waals surface area contributed by atoms with Crippen LogP contribution in [0.15, 0.2) is 47.5 Å². The first-order valence-corrected chi connectivity index (χ1v) is 10.4. The summed E-state index contributed by atoms with van der Waals surface area (Å²) in [6, 6.07) is 8.36. The van der Waals surface area contributed by atoms with Crippen molar-refractivity contribution in [2.24, 2.45) is 0 Å². The molecule has 10 heteroatoms. The largest absolute Gasteiger partial charge is 0.309 e. The number of carbonyl (C=O) groups excluding carboxylic acids is 2. The van der Waals surface area contributed by atoms with E-state index in [2.05, 4.69) is 10.3 Å². The van der Waals surface area contributed by atoms with Crippen LogP contribution in [0, 0.1) is 0 Å². The molecule has 0 radical (unpaired) electrons. The zero-order valence-corrected chi connectivity index (χ0v) is 16.2. The lowest BCUT2D eigenvalue weighted by Gasteiger charge is -2.29. The quantitative estimate of drug-likeness (QED) is 0.642. The lowest BCUT2D eigenvalue weighted by atomic mass is 10.1. The fourth-order valence-corrected chi connectivity index (χ4v) is 6.17. The van der Waals surface area contributed by atoms with Crippen LogP contribution < -0.4 is 5.32 Å². The number of nitrogens with one attached hydrogen (secondary N) is 1. The molecule has 138 valence electrons. The molecule has 0 fully saturated rings. The topological polar surface area (TPSA) is 96.4 Å². The second kappa shape index (κ2) is 6.38. The van der Waals surface area contributed by atoms with E-state index in [-0.39, 0.29) is 15.6 Å². The number of ketones is 1. The number of halogens is 1. The van der Waals surface area contributed by atoms with E-state index in [1.165, 1.54) is 25.4 Å². The minimum Gasteiger partial charge on any atom is -0.309 e. The van der Waals surface area contributed by atoms with Crippen molar-refractivity contribution in [3.8, 4) is 0 Å². The molecule has 1 aliphatic heterocycles. The highest BCUT2D eigenvalue weighted by atomic mass is 35.5. The van der Waals surface area contributed by atoms with E-state index in [1.54, 1.807) is 24.3 Å². The monoisotopic (exact) mass is 421 g/mol. The van der Waals surface area contributed by atoms with Crippen LogP contribution in [0.3, 0.4) is 0 Å². The molecular weight excluding hydrogens is 410 g/mol. The van der Waals surface area contributed by atoms with E-state index >= 15 is 0 Å². The number of nitrogens with zero attached hydrogens (tertiary/aromatic N) is 2. The Morgan fingerprint density at radius 2 is 2.00 bits per heavy atom. The summed E-state index contributed by atoms with van der Waals surface area (Å²) in [6.45, 7) is 0. The van der Waals surface area contributed by atoms with Crippen molar-refractivity contribution >= 4 is 60.6 Å². The van der Waals surface area contributed by atoms with Crippen molar-refractivity contribution in [2.75, 3.05) is 12.4 Å². The van der Waals surface area contributed by atoms with Crippen LogP contribution in [0.25, 0.3) is 10.1 Å². The van der Waals surface area contributed by atoms with E-state index < -0.39 is 27.8 Å². The number of carbonyl (C=O) groups is 2. The minimum atomic E-state index is -4.01. The molecule has 0 saturated carbocycles. The zero-order valence-electron chi connectivity index (χ0n) is 13.8. The number of amides is 1. The second-order valence-corrected chi connectivity index (χ2v) is 9.32. The predicted molar refractivity (Wildman–Crippen MR) is 103 cm³/mol. The SMILES string of the molecule is CN1C(C(=O)Nc2ccc(Cl)cn2)C(=O)c2sc3ccccc3c2S1(=O)=O. The van der Waals surface area contributed by atoms with E-state index in [9.17, 15) is 18.0 Å². The van der Waals surface area contributed by atoms with Gasteiger partial charge in [0.25, 0.3) is 5.91 Å². The number of benzene rings is 1. The van der Waals surface area contributed by atoms with Gasteiger partial charge in [0.1, 0.15) is 10.7 Å². The van der Waals surface area contributed by atoms with Crippen molar-refractivity contribution in [2.45, 2.75) is 10.9 Å². The maximum Gasteiger partial charge on any atom is 0.252 e.